The molecule has 1 aromatic carbocycles. The summed E-state index contributed by atoms with van der Waals surface area (Å²) in [6.07, 6.45) is 0. The van der Waals surface area contributed by atoms with Gasteiger partial charge in [-0.3, -0.25) is 0 Å². The second-order valence-corrected chi connectivity index (χ2v) is 3.69. The Hall–Kier alpha value is -0.980. The van der Waals surface area contributed by atoms with Crippen LogP contribution >= 0.6 is 0 Å². The highest BCUT2D eigenvalue weighted by molar-refractivity contribution is 5.35. The number of rotatable bonds is 3. The van der Waals surface area contributed by atoms with Gasteiger partial charge in [0.2, 0.25) is 0 Å². The molecule has 0 bridgehead atoms. The van der Waals surface area contributed by atoms with Crippen LogP contribution in [-0.2, 0) is 0 Å². The predicted octanol–water partition coefficient (Wildman–Crippen LogP) is 3.15. The third-order valence-electron chi connectivity index (χ3n) is 1.87. The van der Waals surface area contributed by atoms with Crippen molar-refractivity contribution in [2.24, 2.45) is 5.92 Å². The summed E-state index contributed by atoms with van der Waals surface area (Å²) in [5.74, 6) is 1.32. The van der Waals surface area contributed by atoms with Gasteiger partial charge in [0, 0.05) is 0 Å². The van der Waals surface area contributed by atoms with Crippen LogP contribution in [-0.4, -0.2) is 6.61 Å². The molecule has 1 aromatic rings. The van der Waals surface area contributed by atoms with E-state index in [-0.39, 0.29) is 0 Å². The van der Waals surface area contributed by atoms with E-state index >= 15 is 0 Å². The summed E-state index contributed by atoms with van der Waals surface area (Å²) in [5.41, 5.74) is 2.42. The van der Waals surface area contributed by atoms with E-state index in [2.05, 4.69) is 39.0 Å². The first-order chi connectivity index (χ1) is 6.09. The van der Waals surface area contributed by atoms with Gasteiger partial charge < -0.3 is 4.74 Å². The summed E-state index contributed by atoms with van der Waals surface area (Å²) >= 11 is 0. The molecule has 1 atom stereocenters. The second-order valence-electron chi connectivity index (χ2n) is 3.69. The maximum absolute atomic E-state index is 5.62. The summed E-state index contributed by atoms with van der Waals surface area (Å²) in [6, 6.07) is 6.24. The summed E-state index contributed by atoms with van der Waals surface area (Å²) in [4.78, 5) is 0. The van der Waals surface area contributed by atoms with E-state index in [1.807, 2.05) is 6.92 Å². The molecule has 1 nitrogen and oxygen atoms in total. The number of ether oxygens (including phenoxy) is 1. The molecular weight excluding hydrogens is 160 g/mol. The van der Waals surface area contributed by atoms with Crippen LogP contribution in [0.2, 0.25) is 0 Å². The van der Waals surface area contributed by atoms with E-state index in [9.17, 15) is 0 Å². The number of benzene rings is 1. The quantitative estimate of drug-likeness (QED) is 0.689. The summed E-state index contributed by atoms with van der Waals surface area (Å²) in [5, 5.41) is 0. The Bertz CT molecular complexity index is 276. The molecule has 0 N–H and O–H groups in total. The van der Waals surface area contributed by atoms with E-state index in [1.54, 1.807) is 0 Å². The summed E-state index contributed by atoms with van der Waals surface area (Å²) < 4.78 is 5.62. The molecular formula is C12H17O. The fourth-order valence-corrected chi connectivity index (χ4v) is 1.09. The third-order valence-corrected chi connectivity index (χ3v) is 1.87. The number of hydrogen-bond acceptors (Lipinski definition) is 1. The largest absolute Gasteiger partial charge is 0.493 e. The van der Waals surface area contributed by atoms with Crippen LogP contribution in [0.3, 0.4) is 0 Å². The molecule has 0 aliphatic carbocycles. The normalized spacial score (nSPS) is 10.5. The van der Waals surface area contributed by atoms with Gasteiger partial charge in [-0.05, 0) is 43.9 Å². The van der Waals surface area contributed by atoms with E-state index in [1.165, 1.54) is 11.1 Å². The fourth-order valence-electron chi connectivity index (χ4n) is 1.09. The molecule has 71 valence electrons. The maximum atomic E-state index is 5.62. The van der Waals surface area contributed by atoms with E-state index in [4.69, 9.17) is 4.74 Å². The molecule has 1 rings (SSSR count). The lowest BCUT2D eigenvalue weighted by molar-refractivity contribution is 0.282. The van der Waals surface area contributed by atoms with Crippen LogP contribution in [0.5, 0.6) is 5.75 Å². The van der Waals surface area contributed by atoms with Gasteiger partial charge in [-0.25, -0.2) is 0 Å². The Morgan fingerprint density at radius 1 is 1.38 bits per heavy atom. The van der Waals surface area contributed by atoms with Gasteiger partial charge in [-0.2, -0.15) is 0 Å². The number of aryl methyl sites for hydroxylation is 2. The Balaban J connectivity index is 2.70. The van der Waals surface area contributed by atoms with Gasteiger partial charge in [0.15, 0.2) is 0 Å². The lowest BCUT2D eigenvalue weighted by atomic mass is 10.1. The first-order valence-electron chi connectivity index (χ1n) is 4.62. The van der Waals surface area contributed by atoms with Crippen molar-refractivity contribution in [1.82, 2.24) is 0 Å². The van der Waals surface area contributed by atoms with E-state index in [0.29, 0.717) is 12.5 Å². The SMILES string of the molecule is [CH2]C(C)COc1cc(C)ccc1C. The summed E-state index contributed by atoms with van der Waals surface area (Å²) in [7, 11) is 0. The highest BCUT2D eigenvalue weighted by Gasteiger charge is 2.00. The standard InChI is InChI=1S/C12H17O/c1-9(2)8-13-12-7-10(3)5-6-11(12)4/h5-7,9H,1,8H2,2-4H3. The summed E-state index contributed by atoms with van der Waals surface area (Å²) in [6.45, 7) is 10.7. The van der Waals surface area contributed by atoms with Crippen molar-refractivity contribution in [3.8, 4) is 5.75 Å². The molecule has 1 heteroatoms. The van der Waals surface area contributed by atoms with Gasteiger partial charge >= 0.3 is 0 Å². The smallest absolute Gasteiger partial charge is 0.122 e. The first-order valence-corrected chi connectivity index (χ1v) is 4.62. The Kier molecular flexibility index (Phi) is 3.35. The average Bonchev–Trinajstić information content (AvgIpc) is 2.06. The zero-order valence-corrected chi connectivity index (χ0v) is 8.63. The van der Waals surface area contributed by atoms with Gasteiger partial charge in [0.1, 0.15) is 5.75 Å². The molecule has 13 heavy (non-hydrogen) atoms. The molecule has 0 spiro atoms. The van der Waals surface area contributed by atoms with Crippen molar-refractivity contribution in [2.45, 2.75) is 20.8 Å². The molecule has 0 aliphatic rings. The van der Waals surface area contributed by atoms with Crippen LogP contribution in [0, 0.1) is 26.7 Å². The second kappa shape index (κ2) is 4.31. The third kappa shape index (κ3) is 3.10. The fraction of sp³-hybridized carbons (Fsp3) is 0.417. The lowest BCUT2D eigenvalue weighted by Crippen LogP contribution is -2.05. The van der Waals surface area contributed by atoms with E-state index < -0.39 is 0 Å². The van der Waals surface area contributed by atoms with Gasteiger partial charge in [-0.15, -0.1) is 0 Å². The van der Waals surface area contributed by atoms with Crippen LogP contribution < -0.4 is 4.74 Å². The van der Waals surface area contributed by atoms with Crippen LogP contribution in [0.1, 0.15) is 18.1 Å². The maximum Gasteiger partial charge on any atom is 0.122 e. The number of hydrogen-bond donors (Lipinski definition) is 0. The predicted molar refractivity (Wildman–Crippen MR) is 55.9 cm³/mol. The van der Waals surface area contributed by atoms with Gasteiger partial charge in [0.05, 0.1) is 6.61 Å². The van der Waals surface area contributed by atoms with Crippen molar-refractivity contribution < 1.29 is 4.74 Å². The molecule has 0 amide bonds. The topological polar surface area (TPSA) is 9.23 Å². The van der Waals surface area contributed by atoms with Crippen LogP contribution in [0.25, 0.3) is 0 Å². The monoisotopic (exact) mass is 177 g/mol. The minimum absolute atomic E-state index is 0.333. The molecule has 0 aliphatic heterocycles. The minimum atomic E-state index is 0.333. The van der Waals surface area contributed by atoms with Crippen molar-refractivity contribution in [3.05, 3.63) is 36.2 Å². The molecule has 0 fully saturated rings. The molecule has 0 heterocycles. The van der Waals surface area contributed by atoms with Crippen LogP contribution in [0.4, 0.5) is 0 Å². The molecule has 1 unspecified atom stereocenters. The molecule has 1 radical (unpaired) electrons. The Morgan fingerprint density at radius 3 is 2.69 bits per heavy atom. The minimum Gasteiger partial charge on any atom is -0.493 e. The van der Waals surface area contributed by atoms with Gasteiger partial charge in [0.25, 0.3) is 0 Å². The van der Waals surface area contributed by atoms with E-state index in [0.717, 1.165) is 5.75 Å². The molecule has 0 aromatic heterocycles. The zero-order chi connectivity index (χ0) is 9.84. The van der Waals surface area contributed by atoms with Crippen molar-refractivity contribution in [1.29, 1.82) is 0 Å². The Morgan fingerprint density at radius 2 is 2.08 bits per heavy atom. The molecule has 0 saturated heterocycles. The lowest BCUT2D eigenvalue weighted by Gasteiger charge is -2.11. The Labute approximate surface area is 80.7 Å². The first kappa shape index (κ1) is 10.1. The molecule has 0 saturated carbocycles. The highest BCUT2D eigenvalue weighted by Crippen LogP contribution is 2.19. The zero-order valence-electron chi connectivity index (χ0n) is 8.63. The van der Waals surface area contributed by atoms with Crippen molar-refractivity contribution in [3.63, 3.8) is 0 Å². The average molecular weight is 177 g/mol. The highest BCUT2D eigenvalue weighted by atomic mass is 16.5. The van der Waals surface area contributed by atoms with Crippen molar-refractivity contribution >= 4 is 0 Å². The van der Waals surface area contributed by atoms with Crippen LogP contribution in [0.15, 0.2) is 18.2 Å². The van der Waals surface area contributed by atoms with Crippen molar-refractivity contribution in [2.75, 3.05) is 6.61 Å². The van der Waals surface area contributed by atoms with Gasteiger partial charge in [-0.1, -0.05) is 19.1 Å².